The maximum Gasteiger partial charge on any atom is 0.258 e. The van der Waals surface area contributed by atoms with Crippen molar-refractivity contribution in [3.63, 3.8) is 0 Å². The fourth-order valence-corrected chi connectivity index (χ4v) is 4.21. The average molecular weight is 370 g/mol. The van der Waals surface area contributed by atoms with Crippen LogP contribution in [-0.4, -0.2) is 5.91 Å². The van der Waals surface area contributed by atoms with Crippen LogP contribution < -0.4 is 4.90 Å². The fourth-order valence-electron chi connectivity index (χ4n) is 3.84. The largest absolute Gasteiger partial charge is 0.304 e. The van der Waals surface area contributed by atoms with Crippen molar-refractivity contribution in [3.05, 3.63) is 63.6 Å². The van der Waals surface area contributed by atoms with Crippen molar-refractivity contribution in [1.82, 2.24) is 0 Å². The quantitative estimate of drug-likeness (QED) is 0.668. The maximum absolute atomic E-state index is 12.6. The third-order valence-electron chi connectivity index (χ3n) is 5.16. The third kappa shape index (κ3) is 2.83. The molecule has 0 radical (unpaired) electrons. The fraction of sp³-hybridized carbons (Fsp3) is 0.350. The molecule has 0 spiro atoms. The number of hydrogen-bond acceptors (Lipinski definition) is 1. The van der Waals surface area contributed by atoms with Gasteiger partial charge >= 0.3 is 0 Å². The van der Waals surface area contributed by atoms with E-state index >= 15 is 0 Å². The van der Waals surface area contributed by atoms with Crippen LogP contribution in [0, 0.1) is 0 Å². The highest BCUT2D eigenvalue weighted by atomic mass is 79.9. The lowest BCUT2D eigenvalue weighted by Gasteiger charge is -2.23. The number of halogens is 1. The molecular formula is C20H20BrNO. The van der Waals surface area contributed by atoms with Gasteiger partial charge in [0.1, 0.15) is 0 Å². The van der Waals surface area contributed by atoms with Gasteiger partial charge in [0.25, 0.3) is 5.91 Å². The van der Waals surface area contributed by atoms with Gasteiger partial charge in [-0.25, -0.2) is 0 Å². The Labute approximate surface area is 145 Å². The average Bonchev–Trinajstić information content (AvgIpc) is 2.92. The summed E-state index contributed by atoms with van der Waals surface area (Å²) in [6.45, 7) is 0.671. The highest BCUT2D eigenvalue weighted by Gasteiger charge is 2.28. The summed E-state index contributed by atoms with van der Waals surface area (Å²) in [5.74, 6) is 0.812. The number of rotatable bonds is 2. The molecule has 0 unspecified atom stereocenters. The summed E-state index contributed by atoms with van der Waals surface area (Å²) >= 11 is 3.45. The molecule has 3 heteroatoms. The number of carbonyl (C=O) groups is 1. The van der Waals surface area contributed by atoms with E-state index in [1.54, 1.807) is 0 Å². The van der Waals surface area contributed by atoms with Gasteiger partial charge in [0.05, 0.1) is 6.54 Å². The number of fused-ring (bicyclic) bond motifs is 1. The van der Waals surface area contributed by atoms with Crippen molar-refractivity contribution in [1.29, 1.82) is 0 Å². The summed E-state index contributed by atoms with van der Waals surface area (Å²) in [7, 11) is 0. The lowest BCUT2D eigenvalue weighted by molar-refractivity contribution is 0.0996. The molecule has 118 valence electrons. The molecule has 1 saturated carbocycles. The van der Waals surface area contributed by atoms with Gasteiger partial charge in [0.2, 0.25) is 0 Å². The molecule has 1 fully saturated rings. The highest BCUT2D eigenvalue weighted by Crippen LogP contribution is 2.35. The van der Waals surface area contributed by atoms with E-state index in [0.717, 1.165) is 21.3 Å². The minimum Gasteiger partial charge on any atom is -0.304 e. The summed E-state index contributed by atoms with van der Waals surface area (Å²) in [6.07, 6.45) is 6.69. The first kappa shape index (κ1) is 14.9. The number of amides is 1. The van der Waals surface area contributed by atoms with Crippen molar-refractivity contribution in [2.24, 2.45) is 0 Å². The minimum absolute atomic E-state index is 0.103. The second-order valence-electron chi connectivity index (χ2n) is 6.62. The van der Waals surface area contributed by atoms with Crippen LogP contribution >= 0.6 is 15.9 Å². The van der Waals surface area contributed by atoms with Crippen molar-refractivity contribution >= 4 is 27.5 Å². The van der Waals surface area contributed by atoms with Crippen molar-refractivity contribution in [3.8, 4) is 0 Å². The van der Waals surface area contributed by atoms with E-state index in [4.69, 9.17) is 0 Å². The Morgan fingerprint density at radius 3 is 2.43 bits per heavy atom. The molecule has 2 aromatic carbocycles. The third-order valence-corrected chi connectivity index (χ3v) is 5.65. The summed E-state index contributed by atoms with van der Waals surface area (Å²) in [4.78, 5) is 14.5. The Bertz CT molecular complexity index is 732. The summed E-state index contributed by atoms with van der Waals surface area (Å²) < 4.78 is 0.957. The van der Waals surface area contributed by atoms with Crippen LogP contribution in [0.15, 0.2) is 46.9 Å². The van der Waals surface area contributed by atoms with Crippen molar-refractivity contribution in [2.75, 3.05) is 4.90 Å². The monoisotopic (exact) mass is 369 g/mol. The summed E-state index contributed by atoms with van der Waals surface area (Å²) in [5.41, 5.74) is 4.35. The number of benzene rings is 2. The predicted molar refractivity (Wildman–Crippen MR) is 96.9 cm³/mol. The zero-order valence-corrected chi connectivity index (χ0v) is 14.7. The van der Waals surface area contributed by atoms with Gasteiger partial charge in [-0.1, -0.05) is 53.4 Å². The van der Waals surface area contributed by atoms with E-state index in [0.29, 0.717) is 12.5 Å². The predicted octanol–water partition coefficient (Wildman–Crippen LogP) is 5.66. The van der Waals surface area contributed by atoms with E-state index in [1.807, 2.05) is 23.1 Å². The molecule has 1 heterocycles. The van der Waals surface area contributed by atoms with Gasteiger partial charge in [0, 0.05) is 15.7 Å². The number of hydrogen-bond donors (Lipinski definition) is 0. The first-order valence-electron chi connectivity index (χ1n) is 8.42. The van der Waals surface area contributed by atoms with E-state index in [2.05, 4.69) is 40.2 Å². The van der Waals surface area contributed by atoms with E-state index in [-0.39, 0.29) is 5.91 Å². The van der Waals surface area contributed by atoms with E-state index in [1.165, 1.54) is 37.7 Å². The lowest BCUT2D eigenvalue weighted by atomic mass is 9.84. The minimum atomic E-state index is 0.103. The molecule has 0 aromatic heterocycles. The van der Waals surface area contributed by atoms with Gasteiger partial charge in [-0.2, -0.15) is 0 Å². The standard InChI is InChI=1S/C20H20BrNO/c21-17-9-6-16-13-22(20(23)19(16)12-17)18-10-7-15(8-11-18)14-4-2-1-3-5-14/h6-12,14H,1-5,13H2. The molecule has 0 atom stereocenters. The Morgan fingerprint density at radius 2 is 1.70 bits per heavy atom. The summed E-state index contributed by atoms with van der Waals surface area (Å²) in [6, 6.07) is 14.6. The number of carbonyl (C=O) groups excluding carboxylic acids is 1. The molecule has 4 rings (SSSR count). The zero-order chi connectivity index (χ0) is 15.8. The SMILES string of the molecule is O=C1c2cc(Br)ccc2CN1c1ccc(C2CCCCC2)cc1. The number of nitrogens with zero attached hydrogens (tertiary/aromatic N) is 1. The van der Waals surface area contributed by atoms with Crippen LogP contribution in [0.4, 0.5) is 5.69 Å². The van der Waals surface area contributed by atoms with Gasteiger partial charge < -0.3 is 4.90 Å². The Kier molecular flexibility index (Phi) is 3.98. The zero-order valence-electron chi connectivity index (χ0n) is 13.1. The Balaban J connectivity index is 1.56. The van der Waals surface area contributed by atoms with E-state index in [9.17, 15) is 4.79 Å². The van der Waals surface area contributed by atoms with Crippen LogP contribution in [0.5, 0.6) is 0 Å². The molecule has 0 saturated heterocycles. The molecule has 0 N–H and O–H groups in total. The smallest absolute Gasteiger partial charge is 0.258 e. The van der Waals surface area contributed by atoms with Crippen LogP contribution in [0.3, 0.4) is 0 Å². The molecule has 1 aliphatic heterocycles. The van der Waals surface area contributed by atoms with Crippen molar-refractivity contribution in [2.45, 2.75) is 44.6 Å². The highest BCUT2D eigenvalue weighted by molar-refractivity contribution is 9.10. The van der Waals surface area contributed by atoms with Crippen LogP contribution in [-0.2, 0) is 6.54 Å². The molecule has 1 amide bonds. The normalized spacial score (nSPS) is 18.3. The summed E-state index contributed by atoms with van der Waals surface area (Å²) in [5, 5.41) is 0. The first-order valence-corrected chi connectivity index (χ1v) is 9.22. The second kappa shape index (κ2) is 6.12. The molecular weight excluding hydrogens is 350 g/mol. The van der Waals surface area contributed by atoms with Crippen molar-refractivity contribution < 1.29 is 4.79 Å². The van der Waals surface area contributed by atoms with Crippen LogP contribution in [0.1, 0.15) is 59.5 Å². The maximum atomic E-state index is 12.6. The molecule has 2 nitrogen and oxygen atoms in total. The van der Waals surface area contributed by atoms with Gasteiger partial charge in [-0.15, -0.1) is 0 Å². The number of anilines is 1. The van der Waals surface area contributed by atoms with Gasteiger partial charge in [0.15, 0.2) is 0 Å². The van der Waals surface area contributed by atoms with Crippen LogP contribution in [0.2, 0.25) is 0 Å². The van der Waals surface area contributed by atoms with Crippen LogP contribution in [0.25, 0.3) is 0 Å². The van der Waals surface area contributed by atoms with Gasteiger partial charge in [-0.3, -0.25) is 4.79 Å². The first-order chi connectivity index (χ1) is 11.2. The molecule has 2 aromatic rings. The Morgan fingerprint density at radius 1 is 0.957 bits per heavy atom. The molecule has 2 aliphatic rings. The lowest BCUT2D eigenvalue weighted by Crippen LogP contribution is -2.22. The molecule has 23 heavy (non-hydrogen) atoms. The molecule has 1 aliphatic carbocycles. The van der Waals surface area contributed by atoms with E-state index < -0.39 is 0 Å². The Hall–Kier alpha value is -1.61. The second-order valence-corrected chi connectivity index (χ2v) is 7.53. The molecule has 0 bridgehead atoms. The topological polar surface area (TPSA) is 20.3 Å². The van der Waals surface area contributed by atoms with Gasteiger partial charge in [-0.05, 0) is 54.2 Å².